The monoisotopic (exact) mass is 406 g/mol. The highest BCUT2D eigenvalue weighted by Crippen LogP contribution is 2.38. The summed E-state index contributed by atoms with van der Waals surface area (Å²) in [5.74, 6) is 1.99. The Morgan fingerprint density at radius 3 is 2.66 bits per heavy atom. The fourth-order valence-electron chi connectivity index (χ4n) is 4.40. The summed E-state index contributed by atoms with van der Waals surface area (Å²) < 4.78 is 7.34. The van der Waals surface area contributed by atoms with E-state index in [9.17, 15) is 0 Å². The summed E-state index contributed by atoms with van der Waals surface area (Å²) >= 11 is 1.86. The Morgan fingerprint density at radius 2 is 1.86 bits per heavy atom. The lowest BCUT2D eigenvalue weighted by atomic mass is 9.94. The van der Waals surface area contributed by atoms with Crippen LogP contribution >= 0.6 is 11.3 Å². The second kappa shape index (κ2) is 8.13. The van der Waals surface area contributed by atoms with E-state index in [0.717, 1.165) is 63.4 Å². The van der Waals surface area contributed by atoms with Crippen molar-refractivity contribution in [2.24, 2.45) is 0 Å². The zero-order valence-electron chi connectivity index (χ0n) is 16.8. The molecule has 150 valence electrons. The van der Waals surface area contributed by atoms with Gasteiger partial charge in [0.25, 0.3) is 0 Å². The number of nitrogens with zero attached hydrogens (tertiary/aromatic N) is 4. The quantitative estimate of drug-likeness (QED) is 0.656. The van der Waals surface area contributed by atoms with E-state index in [-0.39, 0.29) is 0 Å². The molecule has 0 spiro atoms. The van der Waals surface area contributed by atoms with E-state index in [0.29, 0.717) is 0 Å². The third-order valence-corrected chi connectivity index (χ3v) is 7.07. The van der Waals surface area contributed by atoms with Crippen molar-refractivity contribution in [3.05, 3.63) is 69.4 Å². The average Bonchev–Trinajstić information content (AvgIpc) is 3.40. The third-order valence-electron chi connectivity index (χ3n) is 6.09. The van der Waals surface area contributed by atoms with Gasteiger partial charge in [0, 0.05) is 36.6 Å². The second-order valence-corrected chi connectivity index (χ2v) is 8.67. The van der Waals surface area contributed by atoms with Gasteiger partial charge in [-0.1, -0.05) is 17.7 Å². The van der Waals surface area contributed by atoms with Gasteiger partial charge < -0.3 is 9.64 Å². The van der Waals surface area contributed by atoms with Gasteiger partial charge in [-0.2, -0.15) is 5.10 Å². The molecule has 0 aliphatic carbocycles. The minimum atomic E-state index is 0.920. The predicted octanol–water partition coefficient (Wildman–Crippen LogP) is 4.04. The molecule has 3 aromatic rings. The standard InChI is InChI=1S/C23H26N4OS/c1-28-20-4-2-17(3-5-20)6-11-26-12-7-18(8-13-26)21-22-19(10-15-29-22)9-14-27-23(21)24-16-25-27/h2-5,10,15-16H,6-9,11-14H2,1H3. The van der Waals surface area contributed by atoms with Gasteiger partial charge in [-0.3, -0.25) is 0 Å². The fourth-order valence-corrected chi connectivity index (χ4v) is 5.44. The number of benzene rings is 1. The van der Waals surface area contributed by atoms with Crippen LogP contribution in [0.4, 0.5) is 0 Å². The molecule has 2 aromatic heterocycles. The molecule has 0 N–H and O–H groups in total. The van der Waals surface area contributed by atoms with Crippen LogP contribution in [0.5, 0.6) is 5.75 Å². The van der Waals surface area contributed by atoms with E-state index >= 15 is 0 Å². The van der Waals surface area contributed by atoms with Gasteiger partial charge in [0.1, 0.15) is 12.1 Å². The first-order valence-corrected chi connectivity index (χ1v) is 11.2. The molecule has 6 heteroatoms. The summed E-state index contributed by atoms with van der Waals surface area (Å²) in [6.45, 7) is 4.26. The summed E-state index contributed by atoms with van der Waals surface area (Å²) in [5.41, 5.74) is 5.73. The Bertz CT molecular complexity index is 963. The Kier molecular flexibility index (Phi) is 5.21. The average molecular weight is 407 g/mol. The molecule has 29 heavy (non-hydrogen) atoms. The van der Waals surface area contributed by atoms with Crippen LogP contribution in [0.2, 0.25) is 0 Å². The van der Waals surface area contributed by atoms with Gasteiger partial charge in [0.2, 0.25) is 0 Å². The molecule has 0 radical (unpaired) electrons. The molecule has 5 rings (SSSR count). The molecule has 2 aliphatic rings. The topological polar surface area (TPSA) is 43.2 Å². The van der Waals surface area contributed by atoms with Gasteiger partial charge in [-0.05, 0) is 60.4 Å². The molecule has 0 amide bonds. The normalized spacial score (nSPS) is 17.0. The van der Waals surface area contributed by atoms with E-state index in [1.807, 2.05) is 11.3 Å². The van der Waals surface area contributed by atoms with Crippen LogP contribution in [0.25, 0.3) is 5.57 Å². The number of methoxy groups -OCH3 is 1. The van der Waals surface area contributed by atoms with Crippen molar-refractivity contribution in [1.82, 2.24) is 19.7 Å². The van der Waals surface area contributed by atoms with Crippen LogP contribution in [-0.4, -0.2) is 46.4 Å². The number of rotatable bonds is 4. The van der Waals surface area contributed by atoms with Crippen LogP contribution in [0.3, 0.4) is 0 Å². The Labute approximate surface area is 175 Å². The zero-order valence-corrected chi connectivity index (χ0v) is 17.6. The third kappa shape index (κ3) is 3.74. The lowest BCUT2D eigenvalue weighted by Gasteiger charge is -2.29. The maximum Gasteiger partial charge on any atom is 0.159 e. The van der Waals surface area contributed by atoms with Gasteiger partial charge >= 0.3 is 0 Å². The van der Waals surface area contributed by atoms with Crippen LogP contribution in [0.1, 0.15) is 34.7 Å². The number of aromatic nitrogens is 3. The minimum Gasteiger partial charge on any atom is -0.497 e. The molecule has 1 fully saturated rings. The van der Waals surface area contributed by atoms with Gasteiger partial charge in [-0.15, -0.1) is 11.3 Å². The lowest BCUT2D eigenvalue weighted by molar-refractivity contribution is 0.260. The number of piperidine rings is 1. The smallest absolute Gasteiger partial charge is 0.159 e. The summed E-state index contributed by atoms with van der Waals surface area (Å²) in [6, 6.07) is 10.7. The summed E-state index contributed by atoms with van der Waals surface area (Å²) in [4.78, 5) is 8.64. The molecule has 5 nitrogen and oxygen atoms in total. The summed E-state index contributed by atoms with van der Waals surface area (Å²) in [5, 5.41) is 6.69. The van der Waals surface area contributed by atoms with Crippen molar-refractivity contribution < 1.29 is 4.74 Å². The van der Waals surface area contributed by atoms with Crippen LogP contribution in [0.15, 0.2) is 47.6 Å². The molecule has 0 unspecified atom stereocenters. The Morgan fingerprint density at radius 1 is 1.03 bits per heavy atom. The number of fused-ring (bicyclic) bond motifs is 2. The number of thiophene rings is 1. The van der Waals surface area contributed by atoms with Gasteiger partial charge in [0.15, 0.2) is 5.82 Å². The van der Waals surface area contributed by atoms with Gasteiger partial charge in [-0.25, -0.2) is 9.67 Å². The van der Waals surface area contributed by atoms with Crippen molar-refractivity contribution in [1.29, 1.82) is 0 Å². The van der Waals surface area contributed by atoms with E-state index in [4.69, 9.17) is 4.74 Å². The zero-order chi connectivity index (χ0) is 19.6. The maximum absolute atomic E-state index is 5.25. The first kappa shape index (κ1) is 18.6. The molecule has 2 aliphatic heterocycles. The fraction of sp³-hybridized carbons (Fsp3) is 0.391. The van der Waals surface area contributed by atoms with Crippen molar-refractivity contribution in [3.8, 4) is 5.75 Å². The number of likely N-dealkylation sites (tertiary alicyclic amines) is 1. The highest BCUT2D eigenvalue weighted by atomic mass is 32.1. The maximum atomic E-state index is 5.25. The Balaban J connectivity index is 1.30. The molecule has 1 aromatic carbocycles. The molecular weight excluding hydrogens is 380 g/mol. The highest BCUT2D eigenvalue weighted by Gasteiger charge is 2.26. The first-order valence-electron chi connectivity index (χ1n) is 10.3. The largest absolute Gasteiger partial charge is 0.497 e. The Hall–Kier alpha value is -2.44. The van der Waals surface area contributed by atoms with Crippen molar-refractivity contribution in [3.63, 3.8) is 0 Å². The van der Waals surface area contributed by atoms with E-state index in [2.05, 4.69) is 55.4 Å². The highest BCUT2D eigenvalue weighted by molar-refractivity contribution is 7.11. The first-order chi connectivity index (χ1) is 14.3. The second-order valence-electron chi connectivity index (χ2n) is 7.75. The molecule has 0 bridgehead atoms. The molecular formula is C23H26N4OS. The molecule has 4 heterocycles. The molecule has 1 saturated heterocycles. The van der Waals surface area contributed by atoms with Crippen molar-refractivity contribution in [2.75, 3.05) is 26.7 Å². The molecule has 0 atom stereocenters. The van der Waals surface area contributed by atoms with Crippen molar-refractivity contribution in [2.45, 2.75) is 32.2 Å². The van der Waals surface area contributed by atoms with E-state index in [1.165, 1.54) is 21.6 Å². The number of hydrogen-bond donors (Lipinski definition) is 0. The lowest BCUT2D eigenvalue weighted by Crippen LogP contribution is -2.33. The summed E-state index contributed by atoms with van der Waals surface area (Å²) in [6.07, 6.45) is 6.06. The minimum absolute atomic E-state index is 0.920. The molecule has 0 saturated carbocycles. The van der Waals surface area contributed by atoms with Gasteiger partial charge in [0.05, 0.1) is 7.11 Å². The van der Waals surface area contributed by atoms with E-state index < -0.39 is 0 Å². The summed E-state index contributed by atoms with van der Waals surface area (Å²) in [7, 11) is 1.71. The number of hydrogen-bond acceptors (Lipinski definition) is 5. The number of aryl methyl sites for hydroxylation is 2. The van der Waals surface area contributed by atoms with E-state index in [1.54, 1.807) is 19.0 Å². The van der Waals surface area contributed by atoms with Crippen LogP contribution in [0, 0.1) is 0 Å². The number of ether oxygens (including phenoxy) is 1. The van der Waals surface area contributed by atoms with Crippen LogP contribution < -0.4 is 4.74 Å². The van der Waals surface area contributed by atoms with Crippen molar-refractivity contribution >= 4 is 16.9 Å². The SMILES string of the molecule is COc1ccc(CCN2CCC(=C3c4sccc4CCn4ncnc43)CC2)cc1. The predicted molar refractivity (Wildman–Crippen MR) is 116 cm³/mol. The van der Waals surface area contributed by atoms with Crippen LogP contribution in [-0.2, 0) is 19.4 Å².